The molecular weight excluding hydrogens is 248 g/mol. The molecule has 0 amide bonds. The third-order valence-corrected chi connectivity index (χ3v) is 3.11. The molecule has 0 saturated carbocycles. The van der Waals surface area contributed by atoms with Gasteiger partial charge >= 0.3 is 0 Å². The van der Waals surface area contributed by atoms with E-state index in [4.69, 9.17) is 20.4 Å². The van der Waals surface area contributed by atoms with Crippen LogP contribution in [0.4, 0.5) is 0 Å². The van der Waals surface area contributed by atoms with Crippen LogP contribution < -0.4 is 0 Å². The zero-order valence-corrected chi connectivity index (χ0v) is 11.9. The average Bonchev–Trinajstić information content (AvgIpc) is 2.39. The molecule has 0 saturated heterocycles. The number of aliphatic hydroxyl groups is 4. The highest BCUT2D eigenvalue weighted by atomic mass is 16.3. The Morgan fingerprint density at radius 2 is 0.737 bits per heavy atom. The van der Waals surface area contributed by atoms with Gasteiger partial charge in [0.15, 0.2) is 0 Å². The van der Waals surface area contributed by atoms with Gasteiger partial charge in [-0.15, -0.1) is 0 Å². The Hall–Kier alpha value is -0.240. The molecule has 0 bridgehead atoms. The molecule has 6 heteroatoms. The highest BCUT2D eigenvalue weighted by Crippen LogP contribution is 2.01. The van der Waals surface area contributed by atoms with Crippen molar-refractivity contribution in [2.75, 3.05) is 65.7 Å². The van der Waals surface area contributed by atoms with Gasteiger partial charge in [-0.3, -0.25) is 9.80 Å². The highest BCUT2D eigenvalue weighted by molar-refractivity contribution is 4.60. The van der Waals surface area contributed by atoms with Crippen molar-refractivity contribution < 1.29 is 20.4 Å². The van der Waals surface area contributed by atoms with Crippen LogP contribution in [0, 0.1) is 0 Å². The number of hydrogen-bond acceptors (Lipinski definition) is 6. The second kappa shape index (κ2) is 14.2. The van der Waals surface area contributed by atoms with Crippen molar-refractivity contribution in [2.45, 2.75) is 19.3 Å². The molecule has 0 aromatic heterocycles. The van der Waals surface area contributed by atoms with Gasteiger partial charge in [0, 0.05) is 26.2 Å². The fourth-order valence-electron chi connectivity index (χ4n) is 2.08. The molecule has 19 heavy (non-hydrogen) atoms. The summed E-state index contributed by atoms with van der Waals surface area (Å²) in [5.74, 6) is 0. The Balaban J connectivity index is 3.59. The minimum atomic E-state index is 0.126. The molecule has 0 radical (unpaired) electrons. The van der Waals surface area contributed by atoms with Crippen molar-refractivity contribution in [3.05, 3.63) is 0 Å². The molecule has 6 nitrogen and oxygen atoms in total. The first-order valence-electron chi connectivity index (χ1n) is 7.16. The van der Waals surface area contributed by atoms with E-state index in [-0.39, 0.29) is 26.4 Å². The lowest BCUT2D eigenvalue weighted by Crippen LogP contribution is -2.32. The van der Waals surface area contributed by atoms with Crippen LogP contribution in [0.3, 0.4) is 0 Å². The number of aliphatic hydroxyl groups excluding tert-OH is 4. The molecule has 0 rings (SSSR count). The minimum absolute atomic E-state index is 0.126. The lowest BCUT2D eigenvalue weighted by Gasteiger charge is -2.21. The molecule has 116 valence electrons. The summed E-state index contributed by atoms with van der Waals surface area (Å²) in [6.45, 7) is 4.73. The largest absolute Gasteiger partial charge is 0.395 e. The van der Waals surface area contributed by atoms with E-state index in [2.05, 4.69) is 9.80 Å². The van der Waals surface area contributed by atoms with Crippen LogP contribution in [-0.4, -0.2) is 95.9 Å². The van der Waals surface area contributed by atoms with Crippen LogP contribution in [0.2, 0.25) is 0 Å². The maximum absolute atomic E-state index is 8.88. The molecule has 0 aromatic carbocycles. The molecule has 0 aliphatic carbocycles. The van der Waals surface area contributed by atoms with Gasteiger partial charge in [0.1, 0.15) is 0 Å². The first-order valence-corrected chi connectivity index (χ1v) is 7.16. The van der Waals surface area contributed by atoms with Crippen molar-refractivity contribution in [1.29, 1.82) is 0 Å². The van der Waals surface area contributed by atoms with Gasteiger partial charge < -0.3 is 20.4 Å². The van der Waals surface area contributed by atoms with Gasteiger partial charge in [-0.1, -0.05) is 6.42 Å². The van der Waals surface area contributed by atoms with Crippen molar-refractivity contribution in [2.24, 2.45) is 0 Å². The van der Waals surface area contributed by atoms with Gasteiger partial charge in [-0.25, -0.2) is 0 Å². The highest BCUT2D eigenvalue weighted by Gasteiger charge is 2.05. The third kappa shape index (κ3) is 11.3. The summed E-state index contributed by atoms with van der Waals surface area (Å²) < 4.78 is 0. The van der Waals surface area contributed by atoms with Gasteiger partial charge in [0.2, 0.25) is 0 Å². The smallest absolute Gasteiger partial charge is 0.0558 e. The van der Waals surface area contributed by atoms with Gasteiger partial charge in [0.25, 0.3) is 0 Å². The molecule has 0 atom stereocenters. The average molecular weight is 278 g/mol. The fraction of sp³-hybridized carbons (Fsp3) is 1.00. The van der Waals surface area contributed by atoms with E-state index in [1.807, 2.05) is 0 Å². The van der Waals surface area contributed by atoms with E-state index in [9.17, 15) is 0 Å². The molecular formula is C13H30N2O4. The van der Waals surface area contributed by atoms with Crippen LogP contribution in [0.1, 0.15) is 19.3 Å². The Labute approximate surface area is 116 Å². The summed E-state index contributed by atoms with van der Waals surface area (Å²) >= 11 is 0. The lowest BCUT2D eigenvalue weighted by molar-refractivity contribution is 0.152. The van der Waals surface area contributed by atoms with Crippen molar-refractivity contribution in [3.63, 3.8) is 0 Å². The normalized spacial score (nSPS) is 11.7. The Bertz CT molecular complexity index is 154. The van der Waals surface area contributed by atoms with E-state index in [1.54, 1.807) is 0 Å². The zero-order valence-electron chi connectivity index (χ0n) is 11.9. The van der Waals surface area contributed by atoms with E-state index in [0.29, 0.717) is 26.2 Å². The minimum Gasteiger partial charge on any atom is -0.395 e. The van der Waals surface area contributed by atoms with Crippen molar-refractivity contribution in [1.82, 2.24) is 9.80 Å². The molecule has 4 N–H and O–H groups in total. The number of unbranched alkanes of at least 4 members (excludes halogenated alkanes) is 2. The van der Waals surface area contributed by atoms with Gasteiger partial charge in [-0.2, -0.15) is 0 Å². The van der Waals surface area contributed by atoms with Crippen LogP contribution in [0.5, 0.6) is 0 Å². The molecule has 0 unspecified atom stereocenters. The Kier molecular flexibility index (Phi) is 14.0. The third-order valence-electron chi connectivity index (χ3n) is 3.11. The van der Waals surface area contributed by atoms with Crippen molar-refractivity contribution in [3.8, 4) is 0 Å². The first-order chi connectivity index (χ1) is 9.28. The molecule has 0 spiro atoms. The summed E-state index contributed by atoms with van der Waals surface area (Å²) in [5, 5.41) is 35.5. The number of hydrogen-bond donors (Lipinski definition) is 4. The SMILES string of the molecule is OCCN(CCO)CCCCCN(CCO)CCO. The standard InChI is InChI=1S/C13H30N2O4/c16-10-6-14(7-11-17)4-2-1-3-5-15(8-12-18)9-13-19/h16-19H,1-13H2. The predicted octanol–water partition coefficient (Wildman–Crippen LogP) is -1.27. The van der Waals surface area contributed by atoms with Crippen LogP contribution in [0.25, 0.3) is 0 Å². The summed E-state index contributed by atoms with van der Waals surface area (Å²) in [6, 6.07) is 0. The monoisotopic (exact) mass is 278 g/mol. The van der Waals surface area contributed by atoms with Crippen LogP contribution >= 0.6 is 0 Å². The zero-order chi connectivity index (χ0) is 14.3. The van der Waals surface area contributed by atoms with E-state index >= 15 is 0 Å². The Morgan fingerprint density at radius 3 is 1.00 bits per heavy atom. The molecule has 0 aromatic rings. The Morgan fingerprint density at radius 1 is 0.421 bits per heavy atom. The second-order valence-corrected chi connectivity index (χ2v) is 4.64. The quantitative estimate of drug-likeness (QED) is 0.296. The summed E-state index contributed by atoms with van der Waals surface area (Å²) in [7, 11) is 0. The lowest BCUT2D eigenvalue weighted by atomic mass is 10.2. The van der Waals surface area contributed by atoms with E-state index in [1.165, 1.54) is 0 Å². The second-order valence-electron chi connectivity index (χ2n) is 4.64. The maximum Gasteiger partial charge on any atom is 0.0558 e. The number of nitrogens with zero attached hydrogens (tertiary/aromatic N) is 2. The predicted molar refractivity (Wildman–Crippen MR) is 75.1 cm³/mol. The van der Waals surface area contributed by atoms with Gasteiger partial charge in [0.05, 0.1) is 26.4 Å². The van der Waals surface area contributed by atoms with Crippen LogP contribution in [-0.2, 0) is 0 Å². The summed E-state index contributed by atoms with van der Waals surface area (Å²) in [6.07, 6.45) is 3.14. The summed E-state index contributed by atoms with van der Waals surface area (Å²) in [4.78, 5) is 4.11. The fourth-order valence-corrected chi connectivity index (χ4v) is 2.08. The van der Waals surface area contributed by atoms with Crippen LogP contribution in [0.15, 0.2) is 0 Å². The van der Waals surface area contributed by atoms with E-state index < -0.39 is 0 Å². The van der Waals surface area contributed by atoms with Gasteiger partial charge in [-0.05, 0) is 25.9 Å². The molecule has 0 aliphatic heterocycles. The van der Waals surface area contributed by atoms with E-state index in [0.717, 1.165) is 32.4 Å². The first kappa shape index (κ1) is 18.8. The molecule has 0 fully saturated rings. The topological polar surface area (TPSA) is 87.4 Å². The molecule has 0 aliphatic rings. The number of rotatable bonds is 14. The maximum atomic E-state index is 8.88. The summed E-state index contributed by atoms with van der Waals surface area (Å²) in [5.41, 5.74) is 0. The van der Waals surface area contributed by atoms with Crippen molar-refractivity contribution >= 4 is 0 Å². The molecule has 0 heterocycles.